The van der Waals surface area contributed by atoms with Gasteiger partial charge in [-0.15, -0.1) is 0 Å². The Morgan fingerprint density at radius 1 is 1.05 bits per heavy atom. The van der Waals surface area contributed by atoms with Gasteiger partial charge in [0.1, 0.15) is 22.8 Å². The van der Waals surface area contributed by atoms with Gasteiger partial charge in [0.15, 0.2) is 5.82 Å². The number of rotatable bonds is 7. The van der Waals surface area contributed by atoms with Gasteiger partial charge in [-0.2, -0.15) is 0 Å². The number of aryl methyl sites for hydroxylation is 1. The smallest absolute Gasteiger partial charge is 0.254 e. The lowest BCUT2D eigenvalue weighted by Gasteiger charge is -2.27. The summed E-state index contributed by atoms with van der Waals surface area (Å²) >= 11 is 0. The number of fused-ring (bicyclic) bond motifs is 4. The Bertz CT molecular complexity index is 1840. The van der Waals surface area contributed by atoms with E-state index in [1.807, 2.05) is 37.4 Å². The molecule has 0 spiro atoms. The SMILES string of the molecule is COc1cc(C(=O)N2CC3CCC2[C@@H]3C)cc2nc(-c3cc4ccc(Oc5cccnc5)cc4n3CC3CC3)n(C)c12. The van der Waals surface area contributed by atoms with Crippen LogP contribution in [0.5, 0.6) is 17.2 Å². The molecule has 3 fully saturated rings. The topological polar surface area (TPSA) is 74.4 Å². The summed E-state index contributed by atoms with van der Waals surface area (Å²) in [7, 11) is 3.70. The lowest BCUT2D eigenvalue weighted by atomic mass is 10.0. The van der Waals surface area contributed by atoms with Gasteiger partial charge in [-0.05, 0) is 85.9 Å². The van der Waals surface area contributed by atoms with Crippen LogP contribution >= 0.6 is 0 Å². The molecule has 2 saturated carbocycles. The number of nitrogens with zero attached hydrogens (tertiary/aromatic N) is 5. The number of hydrogen-bond donors (Lipinski definition) is 0. The van der Waals surface area contributed by atoms with E-state index in [4.69, 9.17) is 14.5 Å². The van der Waals surface area contributed by atoms with E-state index in [9.17, 15) is 4.79 Å². The summed E-state index contributed by atoms with van der Waals surface area (Å²) in [5.41, 5.74) is 4.49. The second-order valence-electron chi connectivity index (χ2n) is 12.4. The van der Waals surface area contributed by atoms with Crippen LogP contribution in [0.15, 0.2) is 60.9 Å². The summed E-state index contributed by atoms with van der Waals surface area (Å²) in [5.74, 6) is 4.96. The first-order valence-electron chi connectivity index (χ1n) is 15.1. The second kappa shape index (κ2) is 9.61. The van der Waals surface area contributed by atoms with Gasteiger partial charge in [-0.25, -0.2) is 4.98 Å². The number of carbonyl (C=O) groups is 1. The van der Waals surface area contributed by atoms with Crippen LogP contribution in [-0.2, 0) is 13.6 Å². The van der Waals surface area contributed by atoms with Gasteiger partial charge in [-0.1, -0.05) is 6.92 Å². The number of ether oxygens (including phenoxy) is 2. The van der Waals surface area contributed by atoms with E-state index in [0.29, 0.717) is 40.9 Å². The Labute approximate surface area is 244 Å². The van der Waals surface area contributed by atoms with Crippen LogP contribution < -0.4 is 9.47 Å². The molecule has 3 atom stereocenters. The highest BCUT2D eigenvalue weighted by molar-refractivity contribution is 6.00. The number of likely N-dealkylation sites (tertiary alicyclic amines) is 1. The molecule has 2 aromatic carbocycles. The van der Waals surface area contributed by atoms with E-state index in [-0.39, 0.29) is 5.91 Å². The van der Waals surface area contributed by atoms with Crippen molar-refractivity contribution < 1.29 is 14.3 Å². The predicted molar refractivity (Wildman–Crippen MR) is 162 cm³/mol. The number of aromatic nitrogens is 4. The summed E-state index contributed by atoms with van der Waals surface area (Å²) in [5, 5.41) is 1.14. The van der Waals surface area contributed by atoms with Gasteiger partial charge in [0, 0.05) is 49.4 Å². The molecule has 2 aliphatic carbocycles. The fourth-order valence-electron chi connectivity index (χ4n) is 7.31. The van der Waals surface area contributed by atoms with Crippen molar-refractivity contribution in [1.29, 1.82) is 0 Å². The summed E-state index contributed by atoms with van der Waals surface area (Å²) in [4.78, 5) is 25.1. The highest BCUT2D eigenvalue weighted by atomic mass is 16.5. The molecule has 8 rings (SSSR count). The predicted octanol–water partition coefficient (Wildman–Crippen LogP) is 6.67. The number of piperidine rings is 1. The summed E-state index contributed by atoms with van der Waals surface area (Å²) in [6.07, 6.45) is 8.27. The lowest BCUT2D eigenvalue weighted by Crippen LogP contribution is -2.38. The largest absolute Gasteiger partial charge is 0.494 e. The quantitative estimate of drug-likeness (QED) is 0.222. The van der Waals surface area contributed by atoms with Gasteiger partial charge in [0.25, 0.3) is 5.91 Å². The molecule has 42 heavy (non-hydrogen) atoms. The first kappa shape index (κ1) is 25.4. The minimum absolute atomic E-state index is 0.0884. The fraction of sp³-hybridized carbons (Fsp3) is 0.382. The molecule has 3 aromatic heterocycles. The van der Waals surface area contributed by atoms with Crippen molar-refractivity contribution in [2.75, 3.05) is 13.7 Å². The maximum absolute atomic E-state index is 13.7. The van der Waals surface area contributed by atoms with Crippen LogP contribution in [0.4, 0.5) is 0 Å². The Kier molecular flexibility index (Phi) is 5.81. The van der Waals surface area contributed by atoms with Crippen LogP contribution in [-0.4, -0.2) is 49.6 Å². The van der Waals surface area contributed by atoms with Crippen molar-refractivity contribution in [2.45, 2.75) is 45.2 Å². The minimum Gasteiger partial charge on any atom is -0.494 e. The van der Waals surface area contributed by atoms with E-state index >= 15 is 0 Å². The Morgan fingerprint density at radius 2 is 1.93 bits per heavy atom. The van der Waals surface area contributed by atoms with E-state index in [1.54, 1.807) is 19.5 Å². The first-order chi connectivity index (χ1) is 20.5. The van der Waals surface area contributed by atoms with Crippen LogP contribution in [0, 0.1) is 17.8 Å². The van der Waals surface area contributed by atoms with Gasteiger partial charge in [0.05, 0.1) is 30.0 Å². The molecule has 8 heteroatoms. The highest BCUT2D eigenvalue weighted by Gasteiger charge is 2.46. The molecule has 0 N–H and O–H groups in total. The van der Waals surface area contributed by atoms with Gasteiger partial charge >= 0.3 is 0 Å². The summed E-state index contributed by atoms with van der Waals surface area (Å²) in [6, 6.07) is 16.4. The number of methoxy groups -OCH3 is 1. The summed E-state index contributed by atoms with van der Waals surface area (Å²) < 4.78 is 16.5. The normalized spacial score (nSPS) is 21.5. The molecule has 2 unspecified atom stereocenters. The third kappa shape index (κ3) is 4.07. The van der Waals surface area contributed by atoms with Crippen molar-refractivity contribution in [1.82, 2.24) is 24.0 Å². The first-order valence-corrected chi connectivity index (χ1v) is 15.1. The average molecular weight is 562 g/mol. The van der Waals surface area contributed by atoms with Crippen LogP contribution in [0.1, 0.15) is 43.0 Å². The molecule has 1 aliphatic heterocycles. The molecule has 2 bridgehead atoms. The molecule has 4 heterocycles. The van der Waals surface area contributed by atoms with Gasteiger partial charge in [-0.3, -0.25) is 9.78 Å². The zero-order valence-corrected chi connectivity index (χ0v) is 24.3. The molecular formula is C34H35N5O3. The average Bonchev–Trinajstić information content (AvgIpc) is 3.42. The molecule has 8 nitrogen and oxygen atoms in total. The van der Waals surface area contributed by atoms with Crippen molar-refractivity contribution in [3.8, 4) is 28.8 Å². The monoisotopic (exact) mass is 561 g/mol. The van der Waals surface area contributed by atoms with Gasteiger partial charge in [0.2, 0.25) is 0 Å². The molecular weight excluding hydrogens is 526 g/mol. The van der Waals surface area contributed by atoms with E-state index < -0.39 is 0 Å². The molecule has 5 aromatic rings. The summed E-state index contributed by atoms with van der Waals surface area (Å²) in [6.45, 7) is 4.07. The third-order valence-electron chi connectivity index (χ3n) is 9.79. The number of hydrogen-bond acceptors (Lipinski definition) is 5. The number of benzene rings is 2. The Hall–Kier alpha value is -4.33. The maximum Gasteiger partial charge on any atom is 0.254 e. The molecule has 1 amide bonds. The van der Waals surface area contributed by atoms with Crippen molar-refractivity contribution in [3.63, 3.8) is 0 Å². The van der Waals surface area contributed by atoms with Crippen LogP contribution in [0.25, 0.3) is 33.5 Å². The fourth-order valence-corrected chi connectivity index (χ4v) is 7.31. The molecule has 1 saturated heterocycles. The highest BCUT2D eigenvalue weighted by Crippen LogP contribution is 2.44. The number of pyridine rings is 1. The van der Waals surface area contributed by atoms with E-state index in [2.05, 4.69) is 44.1 Å². The van der Waals surface area contributed by atoms with Crippen LogP contribution in [0.3, 0.4) is 0 Å². The zero-order valence-electron chi connectivity index (χ0n) is 24.3. The van der Waals surface area contributed by atoms with Gasteiger partial charge < -0.3 is 23.5 Å². The third-order valence-corrected chi connectivity index (χ3v) is 9.79. The molecule has 214 valence electrons. The number of imidazole rings is 1. The molecule has 0 radical (unpaired) electrons. The number of amides is 1. The maximum atomic E-state index is 13.7. The standard InChI is InChI=1S/C34H35N5O3/c1-20-23-9-11-28(20)39(19-23)34(40)24-13-27-32(31(15-24)41-3)37(2)33(36-27)30-14-22-8-10-25(42-26-5-4-12-35-17-26)16-29(22)38(30)18-21-6-7-21/h4-5,8,10,12-17,20-21,23,28H,6-7,9,11,18-19H2,1-3H3/t20-,23?,28?/m1/s1. The number of carbonyl (C=O) groups excluding carboxylic acids is 1. The van der Waals surface area contributed by atoms with Crippen molar-refractivity contribution in [3.05, 3.63) is 66.5 Å². The molecule has 3 aliphatic rings. The van der Waals surface area contributed by atoms with Crippen LogP contribution in [0.2, 0.25) is 0 Å². The Balaban J connectivity index is 1.21. The minimum atomic E-state index is 0.0884. The zero-order chi connectivity index (χ0) is 28.5. The van der Waals surface area contributed by atoms with E-state index in [1.165, 1.54) is 19.3 Å². The van der Waals surface area contributed by atoms with Crippen molar-refractivity contribution in [2.24, 2.45) is 24.8 Å². The van der Waals surface area contributed by atoms with Crippen molar-refractivity contribution >= 4 is 27.8 Å². The Morgan fingerprint density at radius 3 is 2.64 bits per heavy atom. The lowest BCUT2D eigenvalue weighted by molar-refractivity contribution is 0.0696. The van der Waals surface area contributed by atoms with E-state index in [0.717, 1.165) is 58.7 Å². The second-order valence-corrected chi connectivity index (χ2v) is 12.4.